The Kier molecular flexibility index (Phi) is 3.33. The maximum atomic E-state index is 2.54. The van der Waals surface area contributed by atoms with E-state index in [-0.39, 0.29) is 5.54 Å². The van der Waals surface area contributed by atoms with Gasteiger partial charge in [0.25, 0.3) is 0 Å². The van der Waals surface area contributed by atoms with Gasteiger partial charge in [-0.3, -0.25) is 4.90 Å². The zero-order valence-electron chi connectivity index (χ0n) is 14.1. The van der Waals surface area contributed by atoms with Crippen LogP contribution in [0.2, 0.25) is 0 Å². The fourth-order valence-corrected chi connectivity index (χ4v) is 3.96. The molecule has 0 saturated heterocycles. The van der Waals surface area contributed by atoms with Crippen molar-refractivity contribution in [2.24, 2.45) is 0 Å². The summed E-state index contributed by atoms with van der Waals surface area (Å²) in [4.78, 5) is 2.54. The van der Waals surface area contributed by atoms with Crippen LogP contribution in [-0.2, 0) is 5.54 Å². The summed E-state index contributed by atoms with van der Waals surface area (Å²) in [6, 6.07) is 0.586. The van der Waals surface area contributed by atoms with Crippen molar-refractivity contribution in [3.05, 3.63) is 33.4 Å². The highest BCUT2D eigenvalue weighted by Gasteiger charge is 2.42. The van der Waals surface area contributed by atoms with Crippen molar-refractivity contribution < 1.29 is 0 Å². The number of hydrogen-bond donors (Lipinski definition) is 0. The first-order valence-corrected chi connectivity index (χ1v) is 7.46. The lowest BCUT2D eigenvalue weighted by atomic mass is 9.70. The average molecular weight is 259 g/mol. The first-order chi connectivity index (χ1) is 8.62. The highest BCUT2D eigenvalue weighted by Crippen LogP contribution is 2.47. The van der Waals surface area contributed by atoms with E-state index in [2.05, 4.69) is 67.3 Å². The fraction of sp³-hybridized carbons (Fsp3) is 0.667. The maximum absolute atomic E-state index is 2.54. The van der Waals surface area contributed by atoms with Crippen LogP contribution in [0.1, 0.15) is 67.0 Å². The van der Waals surface area contributed by atoms with Crippen molar-refractivity contribution in [1.82, 2.24) is 4.90 Å². The molecule has 2 unspecified atom stereocenters. The molecule has 106 valence electrons. The average Bonchev–Trinajstić information content (AvgIpc) is 2.35. The van der Waals surface area contributed by atoms with Crippen molar-refractivity contribution in [3.8, 4) is 0 Å². The van der Waals surface area contributed by atoms with E-state index < -0.39 is 0 Å². The van der Waals surface area contributed by atoms with E-state index in [4.69, 9.17) is 0 Å². The smallest absolute Gasteiger partial charge is 0.0410 e. The van der Waals surface area contributed by atoms with Crippen molar-refractivity contribution >= 4 is 0 Å². The van der Waals surface area contributed by atoms with Gasteiger partial charge in [-0.1, -0.05) is 6.92 Å². The van der Waals surface area contributed by atoms with E-state index in [0.717, 1.165) is 0 Å². The third-order valence-electron chi connectivity index (χ3n) is 6.02. The minimum atomic E-state index is 0.120. The maximum Gasteiger partial charge on any atom is 0.0410 e. The van der Waals surface area contributed by atoms with Gasteiger partial charge in [0, 0.05) is 11.6 Å². The predicted octanol–water partition coefficient (Wildman–Crippen LogP) is 4.59. The first kappa shape index (κ1) is 14.6. The lowest BCUT2D eigenvalue weighted by Gasteiger charge is -2.50. The molecule has 0 bridgehead atoms. The van der Waals surface area contributed by atoms with E-state index in [1.54, 1.807) is 11.1 Å². The van der Waals surface area contributed by atoms with Crippen LogP contribution in [0.25, 0.3) is 0 Å². The minimum Gasteiger partial charge on any atom is -0.294 e. The Hall–Kier alpha value is -0.820. The van der Waals surface area contributed by atoms with Crippen molar-refractivity contribution in [3.63, 3.8) is 0 Å². The van der Waals surface area contributed by atoms with Crippen LogP contribution in [0.5, 0.6) is 0 Å². The fourth-order valence-electron chi connectivity index (χ4n) is 3.96. The van der Waals surface area contributed by atoms with E-state index in [0.29, 0.717) is 12.0 Å². The summed E-state index contributed by atoms with van der Waals surface area (Å²) >= 11 is 0. The van der Waals surface area contributed by atoms with Gasteiger partial charge in [-0.05, 0) is 94.8 Å². The normalized spacial score (nSPS) is 26.4. The molecule has 0 aromatic heterocycles. The van der Waals surface area contributed by atoms with E-state index in [1.807, 2.05) is 0 Å². The molecule has 0 spiro atoms. The molecule has 1 aliphatic heterocycles. The number of nitrogens with zero attached hydrogens (tertiary/aromatic N) is 1. The second-order valence-corrected chi connectivity index (χ2v) is 6.99. The molecule has 2 rings (SSSR count). The molecule has 1 aromatic rings. The summed E-state index contributed by atoms with van der Waals surface area (Å²) in [7, 11) is 2.27. The van der Waals surface area contributed by atoms with Gasteiger partial charge in [-0.25, -0.2) is 0 Å². The highest BCUT2D eigenvalue weighted by molar-refractivity contribution is 5.55. The third-order valence-corrected chi connectivity index (χ3v) is 6.02. The summed E-state index contributed by atoms with van der Waals surface area (Å²) in [5.41, 5.74) is 9.26. The van der Waals surface area contributed by atoms with Gasteiger partial charge in [0.05, 0.1) is 0 Å². The molecule has 19 heavy (non-hydrogen) atoms. The summed E-state index contributed by atoms with van der Waals surface area (Å²) in [6.45, 7) is 18.7. The molecular weight excluding hydrogens is 230 g/mol. The molecule has 0 aliphatic carbocycles. The van der Waals surface area contributed by atoms with Gasteiger partial charge in [0.15, 0.2) is 0 Å². The highest BCUT2D eigenvalue weighted by atomic mass is 15.2. The van der Waals surface area contributed by atoms with Gasteiger partial charge < -0.3 is 0 Å². The Bertz CT molecular complexity index is 525. The first-order valence-electron chi connectivity index (χ1n) is 7.46. The lowest BCUT2D eigenvalue weighted by Crippen LogP contribution is -2.51. The number of hydrogen-bond acceptors (Lipinski definition) is 1. The molecule has 0 radical (unpaired) electrons. The van der Waals surface area contributed by atoms with Crippen molar-refractivity contribution in [1.29, 1.82) is 0 Å². The largest absolute Gasteiger partial charge is 0.294 e. The third kappa shape index (κ3) is 1.78. The zero-order chi connectivity index (χ0) is 14.7. The van der Waals surface area contributed by atoms with Crippen molar-refractivity contribution in [2.75, 3.05) is 7.05 Å². The van der Waals surface area contributed by atoms with Gasteiger partial charge in [-0.15, -0.1) is 0 Å². The summed E-state index contributed by atoms with van der Waals surface area (Å²) in [5, 5.41) is 0. The Morgan fingerprint density at radius 1 is 0.842 bits per heavy atom. The number of fused-ring (bicyclic) bond motifs is 1. The standard InChI is InChI=1S/C18H29N/c1-10-11(2)13(4)17-16(12(10)3)14(5)15(6)19(9)18(17,7)8/h14-15H,1-9H3. The Morgan fingerprint density at radius 2 is 1.32 bits per heavy atom. The second-order valence-electron chi connectivity index (χ2n) is 6.99. The summed E-state index contributed by atoms with van der Waals surface area (Å²) in [5.74, 6) is 0.603. The van der Waals surface area contributed by atoms with Crippen LogP contribution in [-0.4, -0.2) is 18.0 Å². The molecule has 1 heteroatoms. The van der Waals surface area contributed by atoms with Crippen LogP contribution in [0.3, 0.4) is 0 Å². The zero-order valence-corrected chi connectivity index (χ0v) is 14.1. The molecule has 1 aromatic carbocycles. The van der Waals surface area contributed by atoms with Crippen LogP contribution in [0.4, 0.5) is 0 Å². The molecular formula is C18H29N. The van der Waals surface area contributed by atoms with Crippen LogP contribution in [0, 0.1) is 27.7 Å². The summed E-state index contributed by atoms with van der Waals surface area (Å²) in [6.07, 6.45) is 0. The molecule has 0 amide bonds. The number of rotatable bonds is 0. The van der Waals surface area contributed by atoms with Gasteiger partial charge in [-0.2, -0.15) is 0 Å². The molecule has 0 saturated carbocycles. The predicted molar refractivity (Wildman–Crippen MR) is 84.1 cm³/mol. The lowest BCUT2D eigenvalue weighted by molar-refractivity contribution is 0.0768. The van der Waals surface area contributed by atoms with Gasteiger partial charge in [0.2, 0.25) is 0 Å². The van der Waals surface area contributed by atoms with E-state index in [1.165, 1.54) is 22.3 Å². The van der Waals surface area contributed by atoms with E-state index >= 15 is 0 Å². The van der Waals surface area contributed by atoms with Crippen LogP contribution >= 0.6 is 0 Å². The van der Waals surface area contributed by atoms with Crippen LogP contribution in [0.15, 0.2) is 0 Å². The molecule has 1 nitrogen and oxygen atoms in total. The molecule has 0 fully saturated rings. The molecule has 1 aliphatic rings. The Balaban J connectivity index is 2.89. The topological polar surface area (TPSA) is 3.24 Å². The monoisotopic (exact) mass is 259 g/mol. The van der Waals surface area contributed by atoms with Crippen LogP contribution < -0.4 is 0 Å². The van der Waals surface area contributed by atoms with Gasteiger partial charge in [0.1, 0.15) is 0 Å². The molecule has 0 N–H and O–H groups in total. The van der Waals surface area contributed by atoms with Gasteiger partial charge >= 0.3 is 0 Å². The second kappa shape index (κ2) is 4.34. The molecule has 1 heterocycles. The quantitative estimate of drug-likeness (QED) is 0.658. The Labute approximate surface area is 119 Å². The molecule has 2 atom stereocenters. The number of benzene rings is 1. The summed E-state index contributed by atoms with van der Waals surface area (Å²) < 4.78 is 0. The minimum absolute atomic E-state index is 0.120. The number of likely N-dealkylation sites (N-methyl/N-ethyl adjacent to an activating group) is 1. The van der Waals surface area contributed by atoms with Crippen molar-refractivity contribution in [2.45, 2.75) is 72.9 Å². The Morgan fingerprint density at radius 3 is 1.84 bits per heavy atom. The SMILES string of the molecule is Cc1c(C)c(C)c2c(c1C)C(C)C(C)N(C)C2(C)C. The van der Waals surface area contributed by atoms with E-state index in [9.17, 15) is 0 Å².